The Kier molecular flexibility index (Phi) is 4.97. The number of benzene rings is 1. The number of nitrogens with zero attached hydrogens (tertiary/aromatic N) is 1. The van der Waals surface area contributed by atoms with E-state index >= 15 is 0 Å². The van der Waals surface area contributed by atoms with Gasteiger partial charge in [-0.15, -0.1) is 0 Å². The van der Waals surface area contributed by atoms with Crippen LogP contribution in [0, 0.1) is 5.92 Å². The average Bonchev–Trinajstić information content (AvgIpc) is 2.47. The van der Waals surface area contributed by atoms with Gasteiger partial charge >= 0.3 is 0 Å². The zero-order chi connectivity index (χ0) is 13.7. The van der Waals surface area contributed by atoms with Crippen molar-refractivity contribution in [1.82, 2.24) is 4.90 Å². The standard InChI is InChI=1S/C16H24N2O/c1-18(12-13-8-4-2-5-9-13)16(19)15(17)14-10-6-3-7-11-14/h3,6-7,10-11,13,15H,2,4-5,8-9,12,17H2,1H3/t15-/m0/s1. The molecule has 1 amide bonds. The predicted octanol–water partition coefficient (Wildman–Crippen LogP) is 2.73. The summed E-state index contributed by atoms with van der Waals surface area (Å²) in [6, 6.07) is 9.07. The van der Waals surface area contributed by atoms with E-state index in [2.05, 4.69) is 0 Å². The van der Waals surface area contributed by atoms with Gasteiger partial charge in [-0.2, -0.15) is 0 Å². The molecule has 3 nitrogen and oxygen atoms in total. The van der Waals surface area contributed by atoms with E-state index in [0.717, 1.165) is 12.1 Å². The summed E-state index contributed by atoms with van der Waals surface area (Å²) in [6.45, 7) is 0.847. The van der Waals surface area contributed by atoms with Crippen molar-refractivity contribution in [3.63, 3.8) is 0 Å². The summed E-state index contributed by atoms with van der Waals surface area (Å²) in [6.07, 6.45) is 6.45. The molecule has 3 heteroatoms. The van der Waals surface area contributed by atoms with Crippen LogP contribution >= 0.6 is 0 Å². The molecule has 0 bridgehead atoms. The molecule has 0 aliphatic heterocycles. The first-order valence-corrected chi connectivity index (χ1v) is 7.24. The SMILES string of the molecule is CN(CC1CCCCC1)C(=O)[C@@H](N)c1ccccc1. The van der Waals surface area contributed by atoms with E-state index in [-0.39, 0.29) is 5.91 Å². The van der Waals surface area contributed by atoms with Crippen LogP contribution in [0.5, 0.6) is 0 Å². The van der Waals surface area contributed by atoms with Gasteiger partial charge in [0.25, 0.3) is 0 Å². The Morgan fingerprint density at radius 3 is 2.53 bits per heavy atom. The molecular weight excluding hydrogens is 236 g/mol. The largest absolute Gasteiger partial charge is 0.344 e. The van der Waals surface area contributed by atoms with Crippen molar-refractivity contribution in [1.29, 1.82) is 0 Å². The van der Waals surface area contributed by atoms with Crippen LogP contribution < -0.4 is 5.73 Å². The molecule has 1 saturated carbocycles. The van der Waals surface area contributed by atoms with E-state index in [1.807, 2.05) is 42.3 Å². The summed E-state index contributed by atoms with van der Waals surface area (Å²) < 4.78 is 0. The molecule has 0 unspecified atom stereocenters. The van der Waals surface area contributed by atoms with Crippen LogP contribution in [0.2, 0.25) is 0 Å². The molecule has 0 heterocycles. The summed E-state index contributed by atoms with van der Waals surface area (Å²) in [7, 11) is 1.87. The Hall–Kier alpha value is -1.35. The highest BCUT2D eigenvalue weighted by Crippen LogP contribution is 2.24. The fourth-order valence-corrected chi connectivity index (χ4v) is 2.89. The molecule has 1 aromatic rings. The predicted molar refractivity (Wildman–Crippen MR) is 77.6 cm³/mol. The summed E-state index contributed by atoms with van der Waals surface area (Å²) >= 11 is 0. The van der Waals surface area contributed by atoms with Crippen molar-refractivity contribution < 1.29 is 4.79 Å². The normalized spacial score (nSPS) is 18.0. The van der Waals surface area contributed by atoms with Gasteiger partial charge in [0.1, 0.15) is 6.04 Å². The van der Waals surface area contributed by atoms with Gasteiger partial charge in [0, 0.05) is 13.6 Å². The Morgan fingerprint density at radius 2 is 1.89 bits per heavy atom. The second-order valence-corrected chi connectivity index (χ2v) is 5.61. The number of carbonyl (C=O) groups is 1. The van der Waals surface area contributed by atoms with Crippen LogP contribution in [-0.4, -0.2) is 24.4 Å². The Morgan fingerprint density at radius 1 is 1.26 bits per heavy atom. The molecule has 0 radical (unpaired) electrons. The fraction of sp³-hybridized carbons (Fsp3) is 0.562. The lowest BCUT2D eigenvalue weighted by Gasteiger charge is -2.28. The maximum Gasteiger partial charge on any atom is 0.243 e. The highest BCUT2D eigenvalue weighted by Gasteiger charge is 2.23. The van der Waals surface area contributed by atoms with Crippen LogP contribution in [0.3, 0.4) is 0 Å². The molecule has 0 aromatic heterocycles. The topological polar surface area (TPSA) is 46.3 Å². The number of nitrogens with two attached hydrogens (primary N) is 1. The van der Waals surface area contributed by atoms with E-state index < -0.39 is 6.04 Å². The van der Waals surface area contributed by atoms with E-state index in [9.17, 15) is 4.79 Å². The number of amides is 1. The molecule has 2 N–H and O–H groups in total. The van der Waals surface area contributed by atoms with Gasteiger partial charge in [-0.05, 0) is 24.3 Å². The second-order valence-electron chi connectivity index (χ2n) is 5.61. The minimum absolute atomic E-state index is 0.0248. The number of carbonyl (C=O) groups excluding carboxylic acids is 1. The lowest BCUT2D eigenvalue weighted by molar-refractivity contribution is -0.132. The number of hydrogen-bond donors (Lipinski definition) is 1. The third-order valence-electron chi connectivity index (χ3n) is 4.06. The van der Waals surface area contributed by atoms with Crippen LogP contribution in [0.1, 0.15) is 43.7 Å². The van der Waals surface area contributed by atoms with E-state index in [1.165, 1.54) is 32.1 Å². The van der Waals surface area contributed by atoms with E-state index in [0.29, 0.717) is 5.92 Å². The van der Waals surface area contributed by atoms with Crippen molar-refractivity contribution in [2.75, 3.05) is 13.6 Å². The minimum atomic E-state index is -0.533. The molecule has 1 fully saturated rings. The summed E-state index contributed by atoms with van der Waals surface area (Å²) in [5.74, 6) is 0.683. The quantitative estimate of drug-likeness (QED) is 0.904. The molecule has 1 aromatic carbocycles. The summed E-state index contributed by atoms with van der Waals surface area (Å²) in [4.78, 5) is 14.1. The number of likely N-dealkylation sites (N-methyl/N-ethyl adjacent to an activating group) is 1. The van der Waals surface area contributed by atoms with Crippen molar-refractivity contribution in [2.24, 2.45) is 11.7 Å². The van der Waals surface area contributed by atoms with Crippen molar-refractivity contribution >= 4 is 5.91 Å². The van der Waals surface area contributed by atoms with Gasteiger partial charge in [0.2, 0.25) is 5.91 Å². The molecule has 0 saturated heterocycles. The summed E-state index contributed by atoms with van der Waals surface area (Å²) in [5.41, 5.74) is 6.95. The fourth-order valence-electron chi connectivity index (χ4n) is 2.89. The maximum atomic E-state index is 12.3. The molecule has 104 valence electrons. The molecule has 1 atom stereocenters. The highest BCUT2D eigenvalue weighted by atomic mass is 16.2. The summed E-state index contributed by atoms with van der Waals surface area (Å²) in [5, 5.41) is 0. The second kappa shape index (κ2) is 6.71. The molecule has 1 aliphatic carbocycles. The van der Waals surface area contributed by atoms with Gasteiger partial charge in [0.15, 0.2) is 0 Å². The van der Waals surface area contributed by atoms with Crippen molar-refractivity contribution in [2.45, 2.75) is 38.1 Å². The monoisotopic (exact) mass is 260 g/mol. The molecule has 0 spiro atoms. The molecule has 19 heavy (non-hydrogen) atoms. The Labute approximate surface area is 115 Å². The Balaban J connectivity index is 1.91. The van der Waals surface area contributed by atoms with Gasteiger partial charge in [-0.1, -0.05) is 49.6 Å². The first kappa shape index (κ1) is 14.1. The van der Waals surface area contributed by atoms with Crippen molar-refractivity contribution in [3.8, 4) is 0 Å². The van der Waals surface area contributed by atoms with Crippen LogP contribution in [0.4, 0.5) is 0 Å². The Bertz CT molecular complexity index is 398. The van der Waals surface area contributed by atoms with Crippen molar-refractivity contribution in [3.05, 3.63) is 35.9 Å². The van der Waals surface area contributed by atoms with E-state index in [1.54, 1.807) is 0 Å². The van der Waals surface area contributed by atoms with Crippen LogP contribution in [0.25, 0.3) is 0 Å². The third kappa shape index (κ3) is 3.80. The lowest BCUT2D eigenvalue weighted by atomic mass is 9.89. The molecular formula is C16H24N2O. The smallest absolute Gasteiger partial charge is 0.243 e. The van der Waals surface area contributed by atoms with Gasteiger partial charge in [-0.3, -0.25) is 4.79 Å². The third-order valence-corrected chi connectivity index (χ3v) is 4.06. The number of rotatable bonds is 4. The first-order valence-electron chi connectivity index (χ1n) is 7.24. The van der Waals surface area contributed by atoms with Crippen LogP contribution in [0.15, 0.2) is 30.3 Å². The highest BCUT2D eigenvalue weighted by molar-refractivity contribution is 5.82. The molecule has 2 rings (SSSR count). The van der Waals surface area contributed by atoms with Crippen LogP contribution in [-0.2, 0) is 4.79 Å². The maximum absolute atomic E-state index is 12.3. The average molecular weight is 260 g/mol. The molecule has 1 aliphatic rings. The van der Waals surface area contributed by atoms with E-state index in [4.69, 9.17) is 5.73 Å². The lowest BCUT2D eigenvalue weighted by Crippen LogP contribution is -2.39. The zero-order valence-electron chi connectivity index (χ0n) is 11.7. The zero-order valence-corrected chi connectivity index (χ0v) is 11.7. The number of hydrogen-bond acceptors (Lipinski definition) is 2. The van der Waals surface area contributed by atoms with Gasteiger partial charge in [-0.25, -0.2) is 0 Å². The first-order chi connectivity index (χ1) is 9.18. The van der Waals surface area contributed by atoms with Gasteiger partial charge < -0.3 is 10.6 Å². The van der Waals surface area contributed by atoms with Gasteiger partial charge in [0.05, 0.1) is 0 Å². The minimum Gasteiger partial charge on any atom is -0.344 e.